The number of methoxy groups -OCH3 is 1. The second kappa shape index (κ2) is 7.86. The van der Waals surface area contributed by atoms with Gasteiger partial charge in [-0.15, -0.1) is 0 Å². The van der Waals surface area contributed by atoms with Gasteiger partial charge in [-0.25, -0.2) is 0 Å². The molecule has 2 rings (SSSR count). The Hall–Kier alpha value is -2.49. The highest BCUT2D eigenvalue weighted by Gasteiger charge is 2.14. The highest BCUT2D eigenvalue weighted by atomic mass is 16.5. The van der Waals surface area contributed by atoms with Gasteiger partial charge in [-0.2, -0.15) is 0 Å². The van der Waals surface area contributed by atoms with Crippen molar-refractivity contribution in [2.45, 2.75) is 39.7 Å². The van der Waals surface area contributed by atoms with Crippen LogP contribution in [0.2, 0.25) is 0 Å². The van der Waals surface area contributed by atoms with Gasteiger partial charge in [-0.3, -0.25) is 4.79 Å². The normalized spacial score (nSPS) is 10.8. The van der Waals surface area contributed by atoms with E-state index in [1.165, 1.54) is 0 Å². The van der Waals surface area contributed by atoms with Crippen LogP contribution in [0, 0.1) is 0 Å². The van der Waals surface area contributed by atoms with E-state index in [-0.39, 0.29) is 12.0 Å². The summed E-state index contributed by atoms with van der Waals surface area (Å²) in [6.07, 6.45) is 0.0384. The van der Waals surface area contributed by atoms with Gasteiger partial charge in [0.15, 0.2) is 11.5 Å². The standard InChI is InChI=1S/C20H25NO3/c1-13(2)16-8-6-7-9-17(16)21-20(22)15-10-11-18(24-14(3)4)19(12-15)23-5/h6-14H,1-5H3,(H,21,22). The molecule has 0 aromatic heterocycles. The number of amides is 1. The molecule has 2 aromatic rings. The molecule has 4 heteroatoms. The lowest BCUT2D eigenvalue weighted by atomic mass is 10.0. The third-order valence-corrected chi connectivity index (χ3v) is 3.62. The van der Waals surface area contributed by atoms with Gasteiger partial charge in [0.05, 0.1) is 13.2 Å². The molecular weight excluding hydrogens is 302 g/mol. The van der Waals surface area contributed by atoms with E-state index in [0.717, 1.165) is 11.3 Å². The van der Waals surface area contributed by atoms with Crippen molar-refractivity contribution in [2.75, 3.05) is 12.4 Å². The summed E-state index contributed by atoms with van der Waals surface area (Å²) in [5, 5.41) is 2.98. The van der Waals surface area contributed by atoms with Crippen LogP contribution in [0.3, 0.4) is 0 Å². The molecular formula is C20H25NO3. The van der Waals surface area contributed by atoms with Gasteiger partial charge >= 0.3 is 0 Å². The zero-order valence-corrected chi connectivity index (χ0v) is 14.9. The monoisotopic (exact) mass is 327 g/mol. The fourth-order valence-electron chi connectivity index (χ4n) is 2.47. The van der Waals surface area contributed by atoms with Gasteiger partial charge in [0.2, 0.25) is 0 Å². The number of benzene rings is 2. The summed E-state index contributed by atoms with van der Waals surface area (Å²) >= 11 is 0. The molecule has 0 saturated heterocycles. The number of anilines is 1. The van der Waals surface area contributed by atoms with Gasteiger partial charge < -0.3 is 14.8 Å². The average Bonchev–Trinajstić information content (AvgIpc) is 2.54. The molecule has 0 aliphatic rings. The smallest absolute Gasteiger partial charge is 0.255 e. The molecule has 128 valence electrons. The lowest BCUT2D eigenvalue weighted by molar-refractivity contribution is 0.102. The molecule has 24 heavy (non-hydrogen) atoms. The Bertz CT molecular complexity index is 708. The molecule has 0 aliphatic carbocycles. The van der Waals surface area contributed by atoms with Crippen LogP contribution in [0.4, 0.5) is 5.69 Å². The number of hydrogen-bond acceptors (Lipinski definition) is 3. The van der Waals surface area contributed by atoms with Gasteiger partial charge in [0, 0.05) is 11.3 Å². The minimum absolute atomic E-state index is 0.0384. The highest BCUT2D eigenvalue weighted by Crippen LogP contribution is 2.30. The summed E-state index contributed by atoms with van der Waals surface area (Å²) in [5.74, 6) is 1.34. The number of para-hydroxylation sites is 1. The summed E-state index contributed by atoms with van der Waals surface area (Å²) in [7, 11) is 1.57. The van der Waals surface area contributed by atoms with Crippen LogP contribution in [-0.2, 0) is 0 Å². The molecule has 1 amide bonds. The molecule has 0 saturated carbocycles. The van der Waals surface area contributed by atoms with E-state index in [9.17, 15) is 4.79 Å². The molecule has 0 aliphatic heterocycles. The highest BCUT2D eigenvalue weighted by molar-refractivity contribution is 6.05. The van der Waals surface area contributed by atoms with Crippen molar-refractivity contribution in [2.24, 2.45) is 0 Å². The Labute approximate surface area is 143 Å². The minimum Gasteiger partial charge on any atom is -0.493 e. The van der Waals surface area contributed by atoms with Crippen LogP contribution in [0.25, 0.3) is 0 Å². The molecule has 0 atom stereocenters. The molecule has 0 spiro atoms. The Morgan fingerprint density at radius 1 is 1.00 bits per heavy atom. The molecule has 4 nitrogen and oxygen atoms in total. The Morgan fingerprint density at radius 3 is 2.33 bits per heavy atom. The number of hydrogen-bond donors (Lipinski definition) is 1. The summed E-state index contributed by atoms with van der Waals surface area (Å²) in [4.78, 5) is 12.6. The fourth-order valence-corrected chi connectivity index (χ4v) is 2.47. The Morgan fingerprint density at radius 2 is 1.71 bits per heavy atom. The maximum atomic E-state index is 12.6. The van der Waals surface area contributed by atoms with Gasteiger partial charge in [-0.05, 0) is 49.6 Å². The summed E-state index contributed by atoms with van der Waals surface area (Å²) in [5.41, 5.74) is 2.47. The second-order valence-electron chi connectivity index (χ2n) is 6.23. The predicted octanol–water partition coefficient (Wildman–Crippen LogP) is 4.86. The molecule has 0 fully saturated rings. The zero-order chi connectivity index (χ0) is 17.7. The first-order valence-electron chi connectivity index (χ1n) is 8.17. The van der Waals surface area contributed by atoms with Crippen molar-refractivity contribution < 1.29 is 14.3 Å². The molecule has 2 aromatic carbocycles. The lowest BCUT2D eigenvalue weighted by Gasteiger charge is -2.16. The molecule has 0 unspecified atom stereocenters. The van der Waals surface area contributed by atoms with Crippen molar-refractivity contribution in [1.29, 1.82) is 0 Å². The van der Waals surface area contributed by atoms with E-state index < -0.39 is 0 Å². The molecule has 1 N–H and O–H groups in total. The van der Waals surface area contributed by atoms with Gasteiger partial charge in [0.25, 0.3) is 5.91 Å². The van der Waals surface area contributed by atoms with E-state index in [0.29, 0.717) is 23.0 Å². The first-order valence-corrected chi connectivity index (χ1v) is 8.17. The number of carbonyl (C=O) groups excluding carboxylic acids is 1. The van der Waals surface area contributed by atoms with Crippen molar-refractivity contribution in [3.8, 4) is 11.5 Å². The minimum atomic E-state index is -0.169. The molecule has 0 heterocycles. The number of rotatable bonds is 6. The maximum absolute atomic E-state index is 12.6. The van der Waals surface area contributed by atoms with Crippen molar-refractivity contribution >= 4 is 11.6 Å². The SMILES string of the molecule is COc1cc(C(=O)Nc2ccccc2C(C)C)ccc1OC(C)C. The molecule has 0 bridgehead atoms. The molecule has 0 radical (unpaired) electrons. The van der Waals surface area contributed by atoms with Gasteiger partial charge in [-0.1, -0.05) is 32.0 Å². The Balaban J connectivity index is 2.24. The van der Waals surface area contributed by atoms with Crippen LogP contribution >= 0.6 is 0 Å². The summed E-state index contributed by atoms with van der Waals surface area (Å²) in [6, 6.07) is 13.1. The quantitative estimate of drug-likeness (QED) is 0.824. The fraction of sp³-hybridized carbons (Fsp3) is 0.350. The van der Waals surface area contributed by atoms with E-state index in [1.807, 2.05) is 38.1 Å². The van der Waals surface area contributed by atoms with Crippen molar-refractivity contribution in [3.05, 3.63) is 53.6 Å². The van der Waals surface area contributed by atoms with Crippen molar-refractivity contribution in [3.63, 3.8) is 0 Å². The average molecular weight is 327 g/mol. The third kappa shape index (κ3) is 4.28. The summed E-state index contributed by atoms with van der Waals surface area (Å²) < 4.78 is 11.0. The van der Waals surface area contributed by atoms with E-state index >= 15 is 0 Å². The number of nitrogens with one attached hydrogen (secondary N) is 1. The van der Waals surface area contributed by atoms with Crippen LogP contribution in [0.1, 0.15) is 49.5 Å². The zero-order valence-electron chi connectivity index (χ0n) is 14.9. The first kappa shape index (κ1) is 17.9. The summed E-state index contributed by atoms with van der Waals surface area (Å²) in [6.45, 7) is 8.10. The van der Waals surface area contributed by atoms with E-state index in [4.69, 9.17) is 9.47 Å². The second-order valence-corrected chi connectivity index (χ2v) is 6.23. The first-order chi connectivity index (χ1) is 11.4. The lowest BCUT2D eigenvalue weighted by Crippen LogP contribution is -2.14. The van der Waals surface area contributed by atoms with Crippen LogP contribution in [-0.4, -0.2) is 19.1 Å². The third-order valence-electron chi connectivity index (χ3n) is 3.62. The Kier molecular flexibility index (Phi) is 5.85. The van der Waals surface area contributed by atoms with Gasteiger partial charge in [0.1, 0.15) is 0 Å². The predicted molar refractivity (Wildman–Crippen MR) is 97.2 cm³/mol. The van der Waals surface area contributed by atoms with Crippen molar-refractivity contribution in [1.82, 2.24) is 0 Å². The number of carbonyl (C=O) groups is 1. The number of ether oxygens (including phenoxy) is 2. The maximum Gasteiger partial charge on any atom is 0.255 e. The van der Waals surface area contributed by atoms with Crippen LogP contribution in [0.15, 0.2) is 42.5 Å². The van der Waals surface area contributed by atoms with E-state index in [2.05, 4.69) is 19.2 Å². The van der Waals surface area contributed by atoms with E-state index in [1.54, 1.807) is 25.3 Å². The largest absolute Gasteiger partial charge is 0.493 e. The van der Waals surface area contributed by atoms with Crippen LogP contribution in [0.5, 0.6) is 11.5 Å². The van der Waals surface area contributed by atoms with Crippen LogP contribution < -0.4 is 14.8 Å². The topological polar surface area (TPSA) is 47.6 Å².